The molecule has 0 bridgehead atoms. The molecule has 1 aromatic rings. The standard InChI is InChI=1S/C15H21NO5S/c1-4-21-14(17)15(9-16)12(13(15)22(3,18)19)10-5-7-11(20-2)8-6-10/h5-8,12-13H,4,9,16H2,1-3H3/t12-,13+,15-/m1/s1. The summed E-state index contributed by atoms with van der Waals surface area (Å²) in [6, 6.07) is 7.00. The van der Waals surface area contributed by atoms with Crippen LogP contribution in [0.1, 0.15) is 18.4 Å². The molecule has 1 aliphatic rings. The Bertz CT molecular complexity index is 655. The Labute approximate surface area is 130 Å². The van der Waals surface area contributed by atoms with Gasteiger partial charge in [0.1, 0.15) is 11.2 Å². The van der Waals surface area contributed by atoms with Gasteiger partial charge in [-0.15, -0.1) is 0 Å². The third-order valence-electron chi connectivity index (χ3n) is 4.19. The van der Waals surface area contributed by atoms with E-state index in [9.17, 15) is 13.2 Å². The van der Waals surface area contributed by atoms with Crippen molar-refractivity contribution in [2.45, 2.75) is 18.1 Å². The van der Waals surface area contributed by atoms with Crippen molar-refractivity contribution < 1.29 is 22.7 Å². The van der Waals surface area contributed by atoms with Crippen molar-refractivity contribution in [1.29, 1.82) is 0 Å². The highest BCUT2D eigenvalue weighted by Crippen LogP contribution is 2.63. The van der Waals surface area contributed by atoms with Crippen LogP contribution < -0.4 is 10.5 Å². The van der Waals surface area contributed by atoms with Gasteiger partial charge in [-0.2, -0.15) is 0 Å². The predicted octanol–water partition coefficient (Wildman–Crippen LogP) is 0.714. The summed E-state index contributed by atoms with van der Waals surface area (Å²) in [5.41, 5.74) is 5.33. The minimum absolute atomic E-state index is 0.0692. The summed E-state index contributed by atoms with van der Waals surface area (Å²) in [6.45, 7) is 1.80. The van der Waals surface area contributed by atoms with Gasteiger partial charge in [0.25, 0.3) is 0 Å². The molecule has 0 aromatic heterocycles. The van der Waals surface area contributed by atoms with Crippen LogP contribution >= 0.6 is 0 Å². The van der Waals surface area contributed by atoms with Crippen LogP contribution in [-0.2, 0) is 19.4 Å². The van der Waals surface area contributed by atoms with E-state index in [2.05, 4.69) is 0 Å². The van der Waals surface area contributed by atoms with Crippen LogP contribution in [-0.4, -0.2) is 46.2 Å². The normalized spacial score (nSPS) is 27.3. The molecule has 0 unspecified atom stereocenters. The van der Waals surface area contributed by atoms with E-state index in [1.165, 1.54) is 0 Å². The fourth-order valence-corrected chi connectivity index (χ4v) is 5.07. The van der Waals surface area contributed by atoms with Crippen molar-refractivity contribution in [1.82, 2.24) is 0 Å². The van der Waals surface area contributed by atoms with Gasteiger partial charge in [0.2, 0.25) is 0 Å². The average Bonchev–Trinajstić information content (AvgIpc) is 3.18. The highest BCUT2D eigenvalue weighted by atomic mass is 32.2. The number of carbonyl (C=O) groups is 1. The average molecular weight is 327 g/mol. The van der Waals surface area contributed by atoms with E-state index in [0.717, 1.165) is 11.8 Å². The second kappa shape index (κ2) is 5.89. The molecule has 0 aliphatic heterocycles. The van der Waals surface area contributed by atoms with Crippen LogP contribution in [0.3, 0.4) is 0 Å². The summed E-state index contributed by atoms with van der Waals surface area (Å²) >= 11 is 0. The van der Waals surface area contributed by atoms with Crippen molar-refractivity contribution >= 4 is 15.8 Å². The second-order valence-corrected chi connectivity index (χ2v) is 7.63. The van der Waals surface area contributed by atoms with E-state index in [4.69, 9.17) is 15.2 Å². The highest BCUT2D eigenvalue weighted by molar-refractivity contribution is 7.91. The van der Waals surface area contributed by atoms with Gasteiger partial charge >= 0.3 is 5.97 Å². The summed E-state index contributed by atoms with van der Waals surface area (Å²) in [7, 11) is -1.89. The smallest absolute Gasteiger partial charge is 0.315 e. The van der Waals surface area contributed by atoms with Crippen molar-refractivity contribution in [3.8, 4) is 5.75 Å². The Balaban J connectivity index is 2.44. The number of benzene rings is 1. The third-order valence-corrected chi connectivity index (χ3v) is 5.80. The van der Waals surface area contributed by atoms with Crippen molar-refractivity contribution in [3.63, 3.8) is 0 Å². The number of rotatable bonds is 6. The lowest BCUT2D eigenvalue weighted by molar-refractivity contribution is -0.149. The molecule has 2 N–H and O–H groups in total. The zero-order chi connectivity index (χ0) is 16.5. The van der Waals surface area contributed by atoms with E-state index in [0.29, 0.717) is 5.75 Å². The molecular weight excluding hydrogens is 306 g/mol. The Morgan fingerprint density at radius 3 is 2.32 bits per heavy atom. The number of hydrogen-bond donors (Lipinski definition) is 1. The first-order chi connectivity index (χ1) is 10.3. The van der Waals surface area contributed by atoms with Crippen LogP contribution in [0.25, 0.3) is 0 Å². The van der Waals surface area contributed by atoms with E-state index in [1.807, 2.05) is 0 Å². The first-order valence-electron chi connectivity index (χ1n) is 7.03. The van der Waals surface area contributed by atoms with E-state index >= 15 is 0 Å². The van der Waals surface area contributed by atoms with E-state index in [-0.39, 0.29) is 13.2 Å². The van der Waals surface area contributed by atoms with Gasteiger partial charge in [-0.05, 0) is 24.6 Å². The number of methoxy groups -OCH3 is 1. The maximum absolute atomic E-state index is 12.3. The first-order valence-corrected chi connectivity index (χ1v) is 8.98. The largest absolute Gasteiger partial charge is 0.497 e. The van der Waals surface area contributed by atoms with Crippen molar-refractivity contribution in [2.75, 3.05) is 26.5 Å². The van der Waals surface area contributed by atoms with Crippen molar-refractivity contribution in [2.24, 2.45) is 11.1 Å². The predicted molar refractivity (Wildman–Crippen MR) is 82.5 cm³/mol. The number of hydrogen-bond acceptors (Lipinski definition) is 6. The quantitative estimate of drug-likeness (QED) is 0.773. The van der Waals surface area contributed by atoms with E-state index in [1.54, 1.807) is 38.3 Å². The molecule has 3 atom stereocenters. The van der Waals surface area contributed by atoms with E-state index < -0.39 is 32.4 Å². The fraction of sp³-hybridized carbons (Fsp3) is 0.533. The summed E-state index contributed by atoms with van der Waals surface area (Å²) < 4.78 is 34.4. The van der Waals surface area contributed by atoms with Gasteiger partial charge < -0.3 is 15.2 Å². The van der Waals surface area contributed by atoms with Gasteiger partial charge in [-0.25, -0.2) is 8.42 Å². The SMILES string of the molecule is CCOC(=O)[C@]1(CN)[C@H](c2ccc(OC)cc2)[C@@H]1S(C)(=O)=O. The zero-order valence-corrected chi connectivity index (χ0v) is 13.7. The molecule has 0 amide bonds. The molecule has 1 saturated carbocycles. The Kier molecular flexibility index (Phi) is 4.49. The minimum Gasteiger partial charge on any atom is -0.497 e. The number of ether oxygens (including phenoxy) is 2. The monoisotopic (exact) mass is 327 g/mol. The van der Waals surface area contributed by atoms with Crippen LogP contribution in [0.15, 0.2) is 24.3 Å². The molecule has 122 valence electrons. The van der Waals surface area contributed by atoms with Gasteiger partial charge in [0.15, 0.2) is 9.84 Å². The minimum atomic E-state index is -3.44. The molecular formula is C15H21NO5S. The number of esters is 1. The molecule has 2 rings (SSSR count). The first kappa shape index (κ1) is 16.8. The van der Waals surface area contributed by atoms with Gasteiger partial charge in [0, 0.05) is 18.7 Å². The summed E-state index contributed by atoms with van der Waals surface area (Å²) in [5.74, 6) is -0.374. The maximum atomic E-state index is 12.3. The molecule has 22 heavy (non-hydrogen) atoms. The molecule has 1 aromatic carbocycles. The number of sulfone groups is 1. The Hall–Kier alpha value is -1.60. The molecule has 0 heterocycles. The van der Waals surface area contributed by atoms with Crippen LogP contribution in [0.4, 0.5) is 0 Å². The topological polar surface area (TPSA) is 95.7 Å². The maximum Gasteiger partial charge on any atom is 0.315 e. The highest BCUT2D eigenvalue weighted by Gasteiger charge is 2.74. The fourth-order valence-electron chi connectivity index (χ4n) is 3.15. The third kappa shape index (κ3) is 2.59. The van der Waals surface area contributed by atoms with Gasteiger partial charge in [0.05, 0.1) is 19.0 Å². The van der Waals surface area contributed by atoms with Gasteiger partial charge in [-0.3, -0.25) is 4.79 Å². The molecule has 6 nitrogen and oxygen atoms in total. The lowest BCUT2D eigenvalue weighted by Crippen LogP contribution is -2.33. The Morgan fingerprint density at radius 1 is 1.32 bits per heavy atom. The van der Waals surface area contributed by atoms with Gasteiger partial charge in [-0.1, -0.05) is 12.1 Å². The molecule has 7 heteroatoms. The lowest BCUT2D eigenvalue weighted by Gasteiger charge is -2.14. The van der Waals surface area contributed by atoms with Crippen molar-refractivity contribution in [3.05, 3.63) is 29.8 Å². The second-order valence-electron chi connectivity index (χ2n) is 5.47. The zero-order valence-electron chi connectivity index (χ0n) is 12.9. The molecule has 1 aliphatic carbocycles. The molecule has 0 saturated heterocycles. The summed E-state index contributed by atoms with van der Waals surface area (Å²) in [6.07, 6.45) is 1.13. The molecule has 0 radical (unpaired) electrons. The lowest BCUT2D eigenvalue weighted by atomic mass is 9.99. The summed E-state index contributed by atoms with van der Waals surface area (Å²) in [5, 5.41) is -0.850. The van der Waals surface area contributed by atoms with Crippen LogP contribution in [0, 0.1) is 5.41 Å². The number of nitrogens with two attached hydrogens (primary N) is 1. The molecule has 1 fully saturated rings. The van der Waals surface area contributed by atoms with Crippen LogP contribution in [0.2, 0.25) is 0 Å². The van der Waals surface area contributed by atoms with Crippen LogP contribution in [0.5, 0.6) is 5.75 Å². The molecule has 0 spiro atoms. The number of carbonyl (C=O) groups excluding carboxylic acids is 1. The Morgan fingerprint density at radius 2 is 1.91 bits per heavy atom. The summed E-state index contributed by atoms with van der Waals surface area (Å²) in [4.78, 5) is 12.3.